The van der Waals surface area contributed by atoms with Gasteiger partial charge in [0, 0.05) is 0 Å². The SMILES string of the molecule is c1ccc2nc3c(nc2c1)CCCCCCCCCC3. The Morgan fingerprint density at radius 1 is 0.550 bits per heavy atom. The van der Waals surface area contributed by atoms with Crippen LogP contribution >= 0.6 is 0 Å². The number of aryl methyl sites for hydroxylation is 2. The Bertz CT molecular complexity index is 512. The first-order valence-electron chi connectivity index (χ1n) is 8.18. The zero-order chi connectivity index (χ0) is 13.6. The maximum Gasteiger partial charge on any atom is 0.0890 e. The van der Waals surface area contributed by atoms with E-state index in [1.807, 2.05) is 0 Å². The maximum absolute atomic E-state index is 4.88. The van der Waals surface area contributed by atoms with E-state index in [-0.39, 0.29) is 0 Å². The minimum absolute atomic E-state index is 1.05. The fourth-order valence-corrected chi connectivity index (χ4v) is 3.12. The van der Waals surface area contributed by atoms with Crippen LogP contribution in [0.2, 0.25) is 0 Å². The highest BCUT2D eigenvalue weighted by Gasteiger charge is 2.09. The van der Waals surface area contributed by atoms with Crippen molar-refractivity contribution in [2.24, 2.45) is 0 Å². The molecule has 1 aliphatic carbocycles. The van der Waals surface area contributed by atoms with Crippen LogP contribution < -0.4 is 0 Å². The van der Waals surface area contributed by atoms with Gasteiger partial charge in [-0.2, -0.15) is 0 Å². The third-order valence-corrected chi connectivity index (χ3v) is 4.30. The summed E-state index contributed by atoms with van der Waals surface area (Å²) in [4.78, 5) is 9.76. The minimum Gasteiger partial charge on any atom is -0.249 e. The Morgan fingerprint density at radius 2 is 0.950 bits per heavy atom. The van der Waals surface area contributed by atoms with Crippen molar-refractivity contribution in [3.63, 3.8) is 0 Å². The van der Waals surface area contributed by atoms with Gasteiger partial charge in [0.25, 0.3) is 0 Å². The normalized spacial score (nSPS) is 18.0. The van der Waals surface area contributed by atoms with E-state index >= 15 is 0 Å². The summed E-state index contributed by atoms with van der Waals surface area (Å²) in [5.74, 6) is 0. The van der Waals surface area contributed by atoms with E-state index in [0.29, 0.717) is 0 Å². The molecule has 106 valence electrons. The number of hydrogen-bond donors (Lipinski definition) is 0. The molecule has 0 atom stereocenters. The maximum atomic E-state index is 4.88. The fraction of sp³-hybridized carbons (Fsp3) is 0.556. The summed E-state index contributed by atoms with van der Waals surface area (Å²) in [6.07, 6.45) is 13.0. The number of fused-ring (bicyclic) bond motifs is 2. The molecule has 2 heteroatoms. The van der Waals surface area contributed by atoms with Crippen LogP contribution in [-0.2, 0) is 12.8 Å². The number of nitrogens with zero attached hydrogens (tertiary/aromatic N) is 2. The zero-order valence-electron chi connectivity index (χ0n) is 12.3. The zero-order valence-corrected chi connectivity index (χ0v) is 12.3. The highest BCUT2D eigenvalue weighted by atomic mass is 14.8. The van der Waals surface area contributed by atoms with Gasteiger partial charge in [-0.05, 0) is 37.8 Å². The lowest BCUT2D eigenvalue weighted by atomic mass is 10.0. The summed E-state index contributed by atoms with van der Waals surface area (Å²) in [5, 5.41) is 0. The van der Waals surface area contributed by atoms with Gasteiger partial charge in [0.15, 0.2) is 0 Å². The van der Waals surface area contributed by atoms with Gasteiger partial charge >= 0.3 is 0 Å². The first-order valence-corrected chi connectivity index (χ1v) is 8.18. The molecule has 0 saturated carbocycles. The molecule has 0 fully saturated rings. The Hall–Kier alpha value is -1.44. The van der Waals surface area contributed by atoms with Crippen LogP contribution in [0.4, 0.5) is 0 Å². The van der Waals surface area contributed by atoms with Crippen LogP contribution in [0.15, 0.2) is 24.3 Å². The molecule has 0 spiro atoms. The highest BCUT2D eigenvalue weighted by molar-refractivity contribution is 5.74. The number of para-hydroxylation sites is 2. The van der Waals surface area contributed by atoms with Crippen molar-refractivity contribution < 1.29 is 0 Å². The molecule has 3 rings (SSSR count). The average Bonchev–Trinajstić information content (AvgIpc) is 2.47. The molecular formula is C18H24N2. The van der Waals surface area contributed by atoms with Gasteiger partial charge in [0.2, 0.25) is 0 Å². The largest absolute Gasteiger partial charge is 0.249 e. The van der Waals surface area contributed by atoms with Crippen molar-refractivity contribution in [3.8, 4) is 0 Å². The van der Waals surface area contributed by atoms with Gasteiger partial charge in [-0.15, -0.1) is 0 Å². The van der Waals surface area contributed by atoms with Crippen molar-refractivity contribution in [2.45, 2.75) is 64.2 Å². The van der Waals surface area contributed by atoms with E-state index in [1.54, 1.807) is 0 Å². The van der Waals surface area contributed by atoms with Crippen LogP contribution in [0.1, 0.15) is 62.8 Å². The quantitative estimate of drug-likeness (QED) is 0.682. The summed E-state index contributed by atoms with van der Waals surface area (Å²) < 4.78 is 0. The van der Waals surface area contributed by atoms with Crippen molar-refractivity contribution in [1.29, 1.82) is 0 Å². The molecule has 0 aliphatic heterocycles. The van der Waals surface area contributed by atoms with Crippen LogP contribution in [0, 0.1) is 0 Å². The summed E-state index contributed by atoms with van der Waals surface area (Å²) >= 11 is 0. The van der Waals surface area contributed by atoms with Crippen molar-refractivity contribution in [1.82, 2.24) is 9.97 Å². The van der Waals surface area contributed by atoms with Crippen molar-refractivity contribution in [3.05, 3.63) is 35.7 Å². The van der Waals surface area contributed by atoms with E-state index in [4.69, 9.17) is 9.97 Å². The molecule has 1 aliphatic rings. The van der Waals surface area contributed by atoms with Gasteiger partial charge in [-0.3, -0.25) is 0 Å². The molecule has 0 bridgehead atoms. The molecule has 2 aromatic rings. The van der Waals surface area contributed by atoms with Gasteiger partial charge < -0.3 is 0 Å². The molecule has 20 heavy (non-hydrogen) atoms. The topological polar surface area (TPSA) is 25.8 Å². The number of aromatic nitrogens is 2. The lowest BCUT2D eigenvalue weighted by Gasteiger charge is -2.11. The van der Waals surface area contributed by atoms with E-state index in [0.717, 1.165) is 23.9 Å². The Labute approximate surface area is 121 Å². The molecule has 0 unspecified atom stereocenters. The van der Waals surface area contributed by atoms with Gasteiger partial charge in [0.1, 0.15) is 0 Å². The van der Waals surface area contributed by atoms with Gasteiger partial charge in [0.05, 0.1) is 22.4 Å². The standard InChI is InChI=1S/C18H24N2/c1-2-4-6-8-12-16-15(11-7-5-3-1)19-17-13-9-10-14-18(17)20-16/h9-10,13-14H,1-8,11-12H2. The molecule has 0 amide bonds. The summed E-state index contributed by atoms with van der Waals surface area (Å²) in [7, 11) is 0. The lowest BCUT2D eigenvalue weighted by molar-refractivity contribution is 0.555. The van der Waals surface area contributed by atoms with Crippen LogP contribution in [0.5, 0.6) is 0 Å². The molecule has 2 nitrogen and oxygen atoms in total. The van der Waals surface area contributed by atoms with E-state index in [9.17, 15) is 0 Å². The molecule has 0 saturated heterocycles. The molecule has 1 aromatic heterocycles. The van der Waals surface area contributed by atoms with Crippen LogP contribution in [0.25, 0.3) is 11.0 Å². The third-order valence-electron chi connectivity index (χ3n) is 4.30. The predicted molar refractivity (Wildman–Crippen MR) is 83.9 cm³/mol. The molecule has 1 aromatic carbocycles. The van der Waals surface area contributed by atoms with E-state index in [2.05, 4.69) is 24.3 Å². The fourth-order valence-electron chi connectivity index (χ4n) is 3.12. The first-order chi connectivity index (χ1) is 9.93. The molecule has 0 radical (unpaired) electrons. The second-order valence-corrected chi connectivity index (χ2v) is 5.93. The molecule has 1 heterocycles. The summed E-state index contributed by atoms with van der Waals surface area (Å²) in [6, 6.07) is 8.27. The molecular weight excluding hydrogens is 244 g/mol. The lowest BCUT2D eigenvalue weighted by Crippen LogP contribution is -2.04. The number of benzene rings is 1. The van der Waals surface area contributed by atoms with Crippen LogP contribution in [0.3, 0.4) is 0 Å². The monoisotopic (exact) mass is 268 g/mol. The van der Waals surface area contributed by atoms with E-state index < -0.39 is 0 Å². The second kappa shape index (κ2) is 6.83. The van der Waals surface area contributed by atoms with Gasteiger partial charge in [-0.25, -0.2) is 9.97 Å². The Morgan fingerprint density at radius 3 is 1.40 bits per heavy atom. The highest BCUT2D eigenvalue weighted by Crippen LogP contribution is 2.19. The summed E-state index contributed by atoms with van der Waals surface area (Å²) in [6.45, 7) is 0. The first kappa shape index (κ1) is 13.5. The number of rotatable bonds is 0. The predicted octanol–water partition coefficient (Wildman–Crippen LogP) is 4.85. The molecule has 0 N–H and O–H groups in total. The summed E-state index contributed by atoms with van der Waals surface area (Å²) in [5.41, 5.74) is 4.62. The number of hydrogen-bond acceptors (Lipinski definition) is 2. The van der Waals surface area contributed by atoms with Crippen LogP contribution in [-0.4, -0.2) is 9.97 Å². The van der Waals surface area contributed by atoms with Crippen molar-refractivity contribution in [2.75, 3.05) is 0 Å². The smallest absolute Gasteiger partial charge is 0.0890 e. The third kappa shape index (κ3) is 3.36. The van der Waals surface area contributed by atoms with Gasteiger partial charge in [-0.1, -0.05) is 50.7 Å². The average molecular weight is 268 g/mol. The van der Waals surface area contributed by atoms with E-state index in [1.165, 1.54) is 62.8 Å². The Balaban J connectivity index is 1.87. The van der Waals surface area contributed by atoms with Crippen molar-refractivity contribution >= 4 is 11.0 Å². The second-order valence-electron chi connectivity index (χ2n) is 5.93. The Kier molecular flexibility index (Phi) is 4.62. The minimum atomic E-state index is 1.05.